The Balaban J connectivity index is 1.36. The number of aryl methyl sites for hydroxylation is 1. The van der Waals surface area contributed by atoms with Gasteiger partial charge < -0.3 is 19.8 Å². The molecule has 0 bridgehead atoms. The van der Waals surface area contributed by atoms with Crippen LogP contribution < -0.4 is 20.8 Å². The van der Waals surface area contributed by atoms with Gasteiger partial charge in [-0.05, 0) is 42.3 Å². The van der Waals surface area contributed by atoms with E-state index in [-0.39, 0.29) is 29.7 Å². The Morgan fingerprint density at radius 1 is 1.08 bits per heavy atom. The number of nitrogens with one attached hydrogen (secondary N) is 3. The molecule has 0 saturated heterocycles. The number of hydrogen-bond donors (Lipinski definition) is 3. The van der Waals surface area contributed by atoms with Crippen LogP contribution in [0.3, 0.4) is 0 Å². The Hall–Kier alpha value is -4.94. The van der Waals surface area contributed by atoms with E-state index in [1.54, 1.807) is 13.1 Å². The summed E-state index contributed by atoms with van der Waals surface area (Å²) < 4.78 is 39.0. The van der Waals surface area contributed by atoms with Crippen LogP contribution in [-0.2, 0) is 9.59 Å². The van der Waals surface area contributed by atoms with Crippen LogP contribution in [0.1, 0.15) is 31.5 Å². The van der Waals surface area contributed by atoms with Gasteiger partial charge in [-0.3, -0.25) is 15.0 Å². The minimum absolute atomic E-state index is 0.122. The fraction of sp³-hybridized carbons (Fsp3) is 0.200. The normalized spacial score (nSPS) is 17.4. The lowest BCUT2D eigenvalue weighted by atomic mass is 9.98. The maximum atomic E-state index is 14.8. The Bertz CT molecular complexity index is 1420. The molecule has 1 unspecified atom stereocenters. The van der Waals surface area contributed by atoms with Crippen LogP contribution in [0.4, 0.5) is 20.2 Å². The molecule has 196 valence electrons. The molecule has 2 heterocycles. The van der Waals surface area contributed by atoms with Crippen LogP contribution in [0.15, 0.2) is 63.2 Å². The number of allylic oxidation sites excluding steroid dienone is 1. The molecule has 0 saturated carbocycles. The van der Waals surface area contributed by atoms with Crippen molar-refractivity contribution >= 4 is 41.0 Å². The minimum Gasteiger partial charge on any atom is -0.440 e. The van der Waals surface area contributed by atoms with E-state index in [1.165, 1.54) is 42.7 Å². The Morgan fingerprint density at radius 2 is 1.79 bits per heavy atom. The predicted octanol–water partition coefficient (Wildman–Crippen LogP) is 4.01. The lowest BCUT2D eigenvalue weighted by Crippen LogP contribution is -2.21. The van der Waals surface area contributed by atoms with Crippen LogP contribution in [-0.4, -0.2) is 34.2 Å². The first-order chi connectivity index (χ1) is 18.3. The molecule has 4 rings (SSSR count). The minimum atomic E-state index is -0.757. The lowest BCUT2D eigenvalue weighted by molar-refractivity contribution is -0.123. The second-order valence-electron chi connectivity index (χ2n) is 8.25. The Kier molecular flexibility index (Phi) is 8.16. The van der Waals surface area contributed by atoms with Crippen molar-refractivity contribution in [1.29, 1.82) is 0 Å². The smallest absolute Gasteiger partial charge is 0.245 e. The largest absolute Gasteiger partial charge is 0.440 e. The van der Waals surface area contributed by atoms with Gasteiger partial charge >= 0.3 is 0 Å². The van der Waals surface area contributed by atoms with Crippen molar-refractivity contribution < 1.29 is 27.5 Å². The molecule has 13 heteroatoms. The van der Waals surface area contributed by atoms with Crippen LogP contribution in [0.5, 0.6) is 5.75 Å². The summed E-state index contributed by atoms with van der Waals surface area (Å²) >= 11 is 0. The molecule has 0 fully saturated rings. The number of aliphatic imine (C=N–C) groups is 1. The van der Waals surface area contributed by atoms with E-state index in [0.717, 1.165) is 6.07 Å². The van der Waals surface area contributed by atoms with E-state index in [2.05, 4.69) is 36.4 Å². The maximum Gasteiger partial charge on any atom is 0.245 e. The summed E-state index contributed by atoms with van der Waals surface area (Å²) in [6.45, 7) is 3.56. The van der Waals surface area contributed by atoms with Crippen molar-refractivity contribution in [2.75, 3.05) is 10.6 Å². The van der Waals surface area contributed by atoms with Gasteiger partial charge in [0.1, 0.15) is 18.6 Å². The molecule has 3 aromatic rings. The Labute approximate surface area is 215 Å². The van der Waals surface area contributed by atoms with Gasteiger partial charge in [0.15, 0.2) is 17.5 Å². The van der Waals surface area contributed by atoms with Crippen molar-refractivity contribution in [2.24, 2.45) is 16.0 Å². The molecular formula is C25H23F2N7O4. The zero-order valence-electron chi connectivity index (χ0n) is 20.4. The van der Waals surface area contributed by atoms with E-state index in [1.807, 2.05) is 6.92 Å². The average Bonchev–Trinajstić information content (AvgIpc) is 3.32. The van der Waals surface area contributed by atoms with Crippen molar-refractivity contribution in [3.05, 3.63) is 72.1 Å². The molecular weight excluding hydrogens is 500 g/mol. The molecule has 38 heavy (non-hydrogen) atoms. The molecule has 3 N–H and O–H groups in total. The number of carbonyl (C=O) groups excluding carboxylic acids is 2. The van der Waals surface area contributed by atoms with Crippen LogP contribution in [0.2, 0.25) is 0 Å². The highest BCUT2D eigenvalue weighted by molar-refractivity contribution is 6.08. The summed E-state index contributed by atoms with van der Waals surface area (Å²) in [6.07, 6.45) is 2.59. The molecule has 1 aliphatic heterocycles. The zero-order chi connectivity index (χ0) is 27.1. The number of hydrazone groups is 1. The van der Waals surface area contributed by atoms with Gasteiger partial charge in [-0.2, -0.15) is 5.10 Å². The van der Waals surface area contributed by atoms with Gasteiger partial charge in [0, 0.05) is 42.6 Å². The molecule has 1 aliphatic rings. The second kappa shape index (κ2) is 11.9. The van der Waals surface area contributed by atoms with Gasteiger partial charge in [-0.15, -0.1) is 10.2 Å². The third kappa shape index (κ3) is 7.06. The number of rotatable bonds is 6. The topological polar surface area (TPSA) is 143 Å². The standard InChI is InChI=1S/C25H23F2N7O4/c1-14-9-24(28-13-30-29-12-19(14)25-34-33-15(2)37-25)38-21-8-7-18(10-20(21)27)32-23(36)11-22(35)31-17-5-3-16(26)4-6-17/h3-8,10,12-14,29H,9,11H2,1-2H3,(H,31,35)(H,32,36)/b19-12+,28-24?,30-13-. The van der Waals surface area contributed by atoms with Crippen LogP contribution in [0.25, 0.3) is 5.57 Å². The number of ether oxygens (including phenoxy) is 1. The fourth-order valence-electron chi connectivity index (χ4n) is 3.43. The number of carbonyl (C=O) groups is 2. The van der Waals surface area contributed by atoms with Gasteiger partial charge in [0.05, 0.1) is 0 Å². The average molecular weight is 524 g/mol. The molecule has 11 nitrogen and oxygen atoms in total. The van der Waals surface area contributed by atoms with Crippen LogP contribution >= 0.6 is 0 Å². The summed E-state index contributed by atoms with van der Waals surface area (Å²) in [7, 11) is 0. The summed E-state index contributed by atoms with van der Waals surface area (Å²) in [5.74, 6) is -1.90. The quantitative estimate of drug-likeness (QED) is 0.414. The number of benzene rings is 2. The number of halogens is 2. The highest BCUT2D eigenvalue weighted by Gasteiger charge is 2.21. The van der Waals surface area contributed by atoms with Gasteiger partial charge in [-0.25, -0.2) is 13.8 Å². The van der Waals surface area contributed by atoms with Crippen molar-refractivity contribution in [3.8, 4) is 5.75 Å². The molecule has 0 radical (unpaired) electrons. The van der Waals surface area contributed by atoms with E-state index < -0.39 is 29.9 Å². The highest BCUT2D eigenvalue weighted by atomic mass is 19.1. The Morgan fingerprint density at radius 3 is 2.47 bits per heavy atom. The second-order valence-corrected chi connectivity index (χ2v) is 8.25. The van der Waals surface area contributed by atoms with Gasteiger partial charge in [0.2, 0.25) is 23.6 Å². The molecule has 1 atom stereocenters. The zero-order valence-corrected chi connectivity index (χ0v) is 20.4. The molecule has 2 aromatic carbocycles. The third-order valence-corrected chi connectivity index (χ3v) is 5.23. The van der Waals surface area contributed by atoms with Gasteiger partial charge in [-0.1, -0.05) is 6.92 Å². The number of hydrogen-bond acceptors (Lipinski definition) is 9. The van der Waals surface area contributed by atoms with E-state index in [9.17, 15) is 18.4 Å². The molecule has 0 aliphatic carbocycles. The van der Waals surface area contributed by atoms with Crippen molar-refractivity contribution in [3.63, 3.8) is 0 Å². The number of aromatic nitrogens is 2. The predicted molar refractivity (Wildman–Crippen MR) is 135 cm³/mol. The highest BCUT2D eigenvalue weighted by Crippen LogP contribution is 2.27. The maximum absolute atomic E-state index is 14.8. The lowest BCUT2D eigenvalue weighted by Gasteiger charge is -2.15. The molecule has 0 spiro atoms. The molecule has 2 amide bonds. The van der Waals surface area contributed by atoms with E-state index in [4.69, 9.17) is 9.15 Å². The first-order valence-electron chi connectivity index (χ1n) is 11.4. The van der Waals surface area contributed by atoms with E-state index >= 15 is 0 Å². The summed E-state index contributed by atoms with van der Waals surface area (Å²) in [6, 6.07) is 8.92. The van der Waals surface area contributed by atoms with Crippen LogP contribution in [0, 0.1) is 24.5 Å². The van der Waals surface area contributed by atoms with Gasteiger partial charge in [0.25, 0.3) is 0 Å². The summed E-state index contributed by atoms with van der Waals surface area (Å²) in [5.41, 5.74) is 3.86. The number of amides is 2. The first-order valence-corrected chi connectivity index (χ1v) is 11.4. The molecule has 1 aromatic heterocycles. The first kappa shape index (κ1) is 26.1. The summed E-state index contributed by atoms with van der Waals surface area (Å²) in [5, 5.41) is 16.7. The monoisotopic (exact) mass is 523 g/mol. The third-order valence-electron chi connectivity index (χ3n) is 5.23. The van der Waals surface area contributed by atoms with Crippen molar-refractivity contribution in [2.45, 2.75) is 26.7 Å². The van der Waals surface area contributed by atoms with Crippen molar-refractivity contribution in [1.82, 2.24) is 15.6 Å². The summed E-state index contributed by atoms with van der Waals surface area (Å²) in [4.78, 5) is 28.4. The number of anilines is 2. The number of nitrogens with zero attached hydrogens (tertiary/aromatic N) is 4. The van der Waals surface area contributed by atoms with E-state index in [0.29, 0.717) is 23.0 Å². The fourth-order valence-corrected chi connectivity index (χ4v) is 3.43. The SMILES string of the molecule is Cc1nnc(/C2=C/N/N=C\N=C(Oc3ccc(NC(=O)CC(=O)Nc4ccc(F)cc4)cc3F)CC2C)o1.